The minimum atomic E-state index is -2.89. The third kappa shape index (κ3) is 2.80. The first-order chi connectivity index (χ1) is 8.00. The quantitative estimate of drug-likeness (QED) is 0.927. The molecule has 1 fully saturated rings. The van der Waals surface area contributed by atoms with Crippen LogP contribution >= 0.6 is 15.9 Å². The van der Waals surface area contributed by atoms with Crippen LogP contribution in [0.3, 0.4) is 0 Å². The minimum Gasteiger partial charge on any atom is -0.368 e. The number of hydrogen-bond acceptors (Lipinski definition) is 4. The molecule has 1 saturated heterocycles. The Labute approximate surface area is 110 Å². The second-order valence-corrected chi connectivity index (χ2v) is 7.50. The van der Waals surface area contributed by atoms with Crippen molar-refractivity contribution in [2.45, 2.75) is 25.0 Å². The smallest absolute Gasteiger partial charge is 0.154 e. The number of halogens is 1. The molecule has 94 valence electrons. The molecule has 1 atom stereocenters. The topological polar surface area (TPSA) is 59.1 Å². The lowest BCUT2D eigenvalue weighted by atomic mass is 10.2. The van der Waals surface area contributed by atoms with Gasteiger partial charge in [-0.15, -0.1) is 0 Å². The van der Waals surface area contributed by atoms with Crippen LogP contribution in [0.2, 0.25) is 0 Å². The molecule has 2 rings (SSSR count). The second kappa shape index (κ2) is 4.94. The van der Waals surface area contributed by atoms with Gasteiger partial charge in [0.05, 0.1) is 15.5 Å². The molecule has 17 heavy (non-hydrogen) atoms. The first-order valence-corrected chi connectivity index (χ1v) is 8.08. The van der Waals surface area contributed by atoms with Crippen LogP contribution in [0.4, 0.5) is 5.82 Å². The van der Waals surface area contributed by atoms with E-state index in [0.29, 0.717) is 18.1 Å². The molecule has 0 bridgehead atoms. The van der Waals surface area contributed by atoms with E-state index in [2.05, 4.69) is 26.2 Å². The summed E-state index contributed by atoms with van der Waals surface area (Å²) in [5, 5.41) is 2.85. The first kappa shape index (κ1) is 12.8. The van der Waals surface area contributed by atoms with Gasteiger partial charge in [-0.25, -0.2) is 13.4 Å². The number of sulfone groups is 1. The Morgan fingerprint density at radius 3 is 3.00 bits per heavy atom. The molecule has 0 radical (unpaired) electrons. The molecular formula is C11H15BrN2O2S. The molecule has 1 aromatic rings. The lowest BCUT2D eigenvalue weighted by Gasteiger charge is -2.13. The summed E-state index contributed by atoms with van der Waals surface area (Å²) in [6, 6.07) is 1.90. The fourth-order valence-electron chi connectivity index (χ4n) is 1.96. The molecule has 6 heteroatoms. The van der Waals surface area contributed by atoms with E-state index in [4.69, 9.17) is 0 Å². The predicted octanol–water partition coefficient (Wildman–Crippen LogP) is 2.14. The number of rotatable bonds is 3. The maximum atomic E-state index is 11.7. The van der Waals surface area contributed by atoms with E-state index in [1.54, 1.807) is 6.20 Å². The van der Waals surface area contributed by atoms with Crippen LogP contribution in [0.1, 0.15) is 18.4 Å². The van der Waals surface area contributed by atoms with Gasteiger partial charge in [0.1, 0.15) is 5.82 Å². The summed E-state index contributed by atoms with van der Waals surface area (Å²) in [4.78, 5) is 4.20. The Kier molecular flexibility index (Phi) is 3.73. The van der Waals surface area contributed by atoms with Crippen molar-refractivity contribution in [3.05, 3.63) is 22.3 Å². The highest BCUT2D eigenvalue weighted by Crippen LogP contribution is 2.25. The summed E-state index contributed by atoms with van der Waals surface area (Å²) in [6.45, 7) is 2.42. The second-order valence-electron chi connectivity index (χ2n) is 4.30. The number of pyridine rings is 1. The molecule has 0 spiro atoms. The molecule has 0 aliphatic carbocycles. The molecule has 1 aliphatic heterocycles. The predicted molar refractivity (Wildman–Crippen MR) is 72.0 cm³/mol. The van der Waals surface area contributed by atoms with Gasteiger partial charge in [0.15, 0.2) is 9.84 Å². The molecule has 1 aliphatic rings. The summed E-state index contributed by atoms with van der Waals surface area (Å²) in [5.74, 6) is 1.04. The van der Waals surface area contributed by atoms with Gasteiger partial charge >= 0.3 is 0 Å². The summed E-state index contributed by atoms with van der Waals surface area (Å²) >= 11 is 3.44. The van der Waals surface area contributed by atoms with E-state index in [-0.39, 0.29) is 5.25 Å². The highest BCUT2D eigenvalue weighted by molar-refractivity contribution is 9.10. The molecular weight excluding hydrogens is 304 g/mol. The molecule has 2 heterocycles. The van der Waals surface area contributed by atoms with Crippen molar-refractivity contribution in [1.29, 1.82) is 0 Å². The fraction of sp³-hybridized carbons (Fsp3) is 0.545. The number of nitrogens with one attached hydrogen (secondary N) is 1. The van der Waals surface area contributed by atoms with E-state index in [9.17, 15) is 8.42 Å². The standard InChI is InChI=1S/C11H15BrN2O2S/c1-8-4-5-13-11(10(8)12)14-7-9-3-2-6-17(9,15)16/h4-5,9H,2-3,6-7H2,1H3,(H,13,14). The van der Waals surface area contributed by atoms with Crippen LogP contribution in [0.25, 0.3) is 0 Å². The average Bonchev–Trinajstić information content (AvgIpc) is 2.60. The van der Waals surface area contributed by atoms with Gasteiger partial charge in [0.2, 0.25) is 0 Å². The van der Waals surface area contributed by atoms with Crippen LogP contribution in [-0.2, 0) is 9.84 Å². The van der Waals surface area contributed by atoms with Crippen LogP contribution in [0.15, 0.2) is 16.7 Å². The van der Waals surface area contributed by atoms with Gasteiger partial charge in [0.25, 0.3) is 0 Å². The summed E-state index contributed by atoms with van der Waals surface area (Å²) < 4.78 is 24.2. The van der Waals surface area contributed by atoms with Crippen molar-refractivity contribution in [3.63, 3.8) is 0 Å². The monoisotopic (exact) mass is 318 g/mol. The maximum Gasteiger partial charge on any atom is 0.154 e. The van der Waals surface area contributed by atoms with Crippen LogP contribution < -0.4 is 5.32 Å². The van der Waals surface area contributed by atoms with Gasteiger partial charge in [-0.2, -0.15) is 0 Å². The van der Waals surface area contributed by atoms with Crippen molar-refractivity contribution in [3.8, 4) is 0 Å². The lowest BCUT2D eigenvalue weighted by Crippen LogP contribution is -2.25. The number of nitrogens with zero attached hydrogens (tertiary/aromatic N) is 1. The Morgan fingerprint density at radius 2 is 2.35 bits per heavy atom. The molecule has 4 nitrogen and oxygen atoms in total. The third-order valence-electron chi connectivity index (χ3n) is 3.04. The van der Waals surface area contributed by atoms with Crippen molar-refractivity contribution in [2.75, 3.05) is 17.6 Å². The average molecular weight is 319 g/mol. The summed E-state index contributed by atoms with van der Waals surface area (Å²) in [7, 11) is -2.89. The van der Waals surface area contributed by atoms with E-state index in [1.807, 2.05) is 13.0 Å². The number of aromatic nitrogens is 1. The zero-order chi connectivity index (χ0) is 12.5. The van der Waals surface area contributed by atoms with E-state index >= 15 is 0 Å². The first-order valence-electron chi connectivity index (χ1n) is 5.57. The van der Waals surface area contributed by atoms with Crippen molar-refractivity contribution in [2.24, 2.45) is 0 Å². The molecule has 1 unspecified atom stereocenters. The Hall–Kier alpha value is -0.620. The lowest BCUT2D eigenvalue weighted by molar-refractivity contribution is 0.591. The summed E-state index contributed by atoms with van der Waals surface area (Å²) in [6.07, 6.45) is 3.24. The number of hydrogen-bond donors (Lipinski definition) is 1. The maximum absolute atomic E-state index is 11.7. The normalized spacial score (nSPS) is 22.6. The van der Waals surface area contributed by atoms with Crippen molar-refractivity contribution < 1.29 is 8.42 Å². The third-order valence-corrected chi connectivity index (χ3v) is 6.32. The van der Waals surface area contributed by atoms with E-state index in [1.165, 1.54) is 0 Å². The highest BCUT2D eigenvalue weighted by Gasteiger charge is 2.31. The van der Waals surface area contributed by atoms with Crippen LogP contribution in [0.5, 0.6) is 0 Å². The summed E-state index contributed by atoms with van der Waals surface area (Å²) in [5.41, 5.74) is 1.08. The Morgan fingerprint density at radius 1 is 1.59 bits per heavy atom. The SMILES string of the molecule is Cc1ccnc(NCC2CCCS2(=O)=O)c1Br. The number of aryl methyl sites for hydroxylation is 1. The van der Waals surface area contributed by atoms with Crippen LogP contribution in [0, 0.1) is 6.92 Å². The number of anilines is 1. The van der Waals surface area contributed by atoms with E-state index in [0.717, 1.165) is 22.9 Å². The van der Waals surface area contributed by atoms with Gasteiger partial charge < -0.3 is 5.32 Å². The Bertz CT molecular complexity index is 516. The fourth-order valence-corrected chi connectivity index (χ4v) is 4.10. The zero-order valence-electron chi connectivity index (χ0n) is 9.61. The van der Waals surface area contributed by atoms with Gasteiger partial charge in [-0.1, -0.05) is 0 Å². The molecule has 1 aromatic heterocycles. The molecule has 1 N–H and O–H groups in total. The largest absolute Gasteiger partial charge is 0.368 e. The van der Waals surface area contributed by atoms with Gasteiger partial charge in [0, 0.05) is 12.7 Å². The van der Waals surface area contributed by atoms with E-state index < -0.39 is 9.84 Å². The van der Waals surface area contributed by atoms with Gasteiger partial charge in [-0.05, 0) is 47.3 Å². The highest BCUT2D eigenvalue weighted by atomic mass is 79.9. The minimum absolute atomic E-state index is 0.267. The van der Waals surface area contributed by atoms with Gasteiger partial charge in [-0.3, -0.25) is 0 Å². The van der Waals surface area contributed by atoms with Crippen molar-refractivity contribution >= 4 is 31.6 Å². The molecule has 0 aromatic carbocycles. The van der Waals surface area contributed by atoms with Crippen molar-refractivity contribution in [1.82, 2.24) is 4.98 Å². The van der Waals surface area contributed by atoms with Crippen LogP contribution in [-0.4, -0.2) is 30.9 Å². The zero-order valence-corrected chi connectivity index (χ0v) is 12.0. The Balaban J connectivity index is 2.06. The molecule has 0 amide bonds. The molecule has 0 saturated carbocycles.